The average Bonchev–Trinajstić information content (AvgIpc) is 3.53. The van der Waals surface area contributed by atoms with Gasteiger partial charge in [0.25, 0.3) is 0 Å². The van der Waals surface area contributed by atoms with Gasteiger partial charge in [-0.15, -0.1) is 0 Å². The van der Waals surface area contributed by atoms with Gasteiger partial charge in [-0.25, -0.2) is 0 Å². The Morgan fingerprint density at radius 3 is 1.60 bits per heavy atom. The summed E-state index contributed by atoms with van der Waals surface area (Å²) in [6, 6.07) is 61.3. The number of fused-ring (bicyclic) bond motifs is 3. The standard InChI is InChI=1S/C37H29N.C14H14/c1-26-12-10-13-27(24-26)30-16-2-4-18-32(30)33-19-5-3-17-31(33)28-14-11-15-29(25-28)38-36-22-8-6-20-34(36)35-21-7-9-23-37(35)38;1-11-7-3-5-9-13(11)14-10-6-4-8-12(14)2/h2-25,30,32H,1H3;3-10H,1-2H3. The molecule has 9 rings (SSSR count). The van der Waals surface area contributed by atoms with E-state index in [2.05, 4.69) is 220 Å². The Kier molecular flexibility index (Phi) is 9.25. The van der Waals surface area contributed by atoms with Crippen LogP contribution in [0.1, 0.15) is 39.7 Å². The highest BCUT2D eigenvalue weighted by Crippen LogP contribution is 2.42. The van der Waals surface area contributed by atoms with Gasteiger partial charge in [-0.2, -0.15) is 0 Å². The molecule has 7 aromatic carbocycles. The van der Waals surface area contributed by atoms with Crippen LogP contribution in [0.5, 0.6) is 0 Å². The number of aromatic nitrogens is 1. The number of nitrogens with zero attached hydrogens (tertiary/aromatic N) is 1. The third-order valence-electron chi connectivity index (χ3n) is 10.5. The van der Waals surface area contributed by atoms with Crippen molar-refractivity contribution in [3.63, 3.8) is 0 Å². The molecule has 0 saturated carbocycles. The van der Waals surface area contributed by atoms with Gasteiger partial charge in [-0.05, 0) is 89.5 Å². The predicted molar refractivity (Wildman–Crippen MR) is 223 cm³/mol. The normalized spacial score (nSPS) is 15.1. The zero-order valence-electron chi connectivity index (χ0n) is 30.1. The van der Waals surface area contributed by atoms with Gasteiger partial charge in [0.2, 0.25) is 0 Å². The van der Waals surface area contributed by atoms with Crippen LogP contribution in [0.3, 0.4) is 0 Å². The molecule has 252 valence electrons. The lowest BCUT2D eigenvalue weighted by molar-refractivity contribution is 0.730. The van der Waals surface area contributed by atoms with Gasteiger partial charge in [0.15, 0.2) is 0 Å². The Hall–Kier alpha value is -6.18. The molecule has 0 amide bonds. The number of para-hydroxylation sites is 2. The van der Waals surface area contributed by atoms with Gasteiger partial charge in [-0.3, -0.25) is 0 Å². The van der Waals surface area contributed by atoms with Crippen LogP contribution in [0.4, 0.5) is 0 Å². The van der Waals surface area contributed by atoms with Gasteiger partial charge in [0.1, 0.15) is 0 Å². The van der Waals surface area contributed by atoms with Gasteiger partial charge in [0, 0.05) is 28.3 Å². The molecule has 0 bridgehead atoms. The summed E-state index contributed by atoms with van der Waals surface area (Å²) in [4.78, 5) is 0. The van der Waals surface area contributed by atoms with Crippen molar-refractivity contribution in [2.45, 2.75) is 32.6 Å². The number of aryl methyl sites for hydroxylation is 3. The Morgan fingerprint density at radius 1 is 0.423 bits per heavy atom. The SMILES string of the molecule is Cc1cccc(C2C=CC=CC2c2ccccc2-c2cccc(-n3c4ccccc4c4ccccc43)c2)c1.Cc1ccccc1-c1ccccc1C. The fraction of sp³-hybridized carbons (Fsp3) is 0.0980. The van der Waals surface area contributed by atoms with Crippen LogP contribution in [0.2, 0.25) is 0 Å². The molecular formula is C51H43N. The topological polar surface area (TPSA) is 4.93 Å². The molecule has 52 heavy (non-hydrogen) atoms. The highest BCUT2D eigenvalue weighted by molar-refractivity contribution is 6.09. The molecule has 2 unspecified atom stereocenters. The highest BCUT2D eigenvalue weighted by Gasteiger charge is 2.25. The molecular weight excluding hydrogens is 627 g/mol. The number of hydrogen-bond acceptors (Lipinski definition) is 0. The summed E-state index contributed by atoms with van der Waals surface area (Å²) in [7, 11) is 0. The first-order valence-electron chi connectivity index (χ1n) is 18.3. The summed E-state index contributed by atoms with van der Waals surface area (Å²) >= 11 is 0. The van der Waals surface area contributed by atoms with Crippen LogP contribution < -0.4 is 0 Å². The van der Waals surface area contributed by atoms with E-state index in [1.54, 1.807) is 0 Å². The molecule has 2 atom stereocenters. The molecule has 0 saturated heterocycles. The van der Waals surface area contributed by atoms with E-state index in [1.807, 2.05) is 0 Å². The second kappa shape index (κ2) is 14.6. The maximum Gasteiger partial charge on any atom is 0.0541 e. The van der Waals surface area contributed by atoms with Gasteiger partial charge in [0.05, 0.1) is 11.0 Å². The molecule has 0 fully saturated rings. The second-order valence-electron chi connectivity index (χ2n) is 13.9. The minimum absolute atomic E-state index is 0.273. The molecule has 0 radical (unpaired) electrons. The van der Waals surface area contributed by atoms with Crippen LogP contribution in [-0.2, 0) is 0 Å². The van der Waals surface area contributed by atoms with Crippen LogP contribution >= 0.6 is 0 Å². The van der Waals surface area contributed by atoms with E-state index in [0.29, 0.717) is 5.92 Å². The summed E-state index contributed by atoms with van der Waals surface area (Å²) in [5.41, 5.74) is 15.6. The van der Waals surface area contributed by atoms with E-state index in [-0.39, 0.29) is 5.92 Å². The summed E-state index contributed by atoms with van der Waals surface area (Å²) in [6.45, 7) is 6.48. The summed E-state index contributed by atoms with van der Waals surface area (Å²) in [5.74, 6) is 0.580. The average molecular weight is 670 g/mol. The van der Waals surface area contributed by atoms with Crippen molar-refractivity contribution in [3.05, 3.63) is 222 Å². The molecule has 1 heterocycles. The zero-order chi connectivity index (χ0) is 35.4. The van der Waals surface area contributed by atoms with Crippen molar-refractivity contribution >= 4 is 21.8 Å². The maximum absolute atomic E-state index is 2.40. The molecule has 1 aliphatic rings. The fourth-order valence-electron chi connectivity index (χ4n) is 7.91. The molecule has 0 N–H and O–H groups in total. The van der Waals surface area contributed by atoms with E-state index in [0.717, 1.165) is 0 Å². The molecule has 0 spiro atoms. The molecule has 8 aromatic rings. The Bertz CT molecular complexity index is 2480. The van der Waals surface area contributed by atoms with E-state index >= 15 is 0 Å². The molecule has 1 nitrogen and oxygen atoms in total. The number of hydrogen-bond donors (Lipinski definition) is 0. The lowest BCUT2D eigenvalue weighted by atomic mass is 9.76. The lowest BCUT2D eigenvalue weighted by Crippen LogP contribution is -2.11. The van der Waals surface area contributed by atoms with Crippen molar-refractivity contribution < 1.29 is 0 Å². The van der Waals surface area contributed by atoms with E-state index in [4.69, 9.17) is 0 Å². The molecule has 1 aliphatic carbocycles. The van der Waals surface area contributed by atoms with E-state index in [9.17, 15) is 0 Å². The minimum Gasteiger partial charge on any atom is -0.309 e. The first kappa shape index (κ1) is 33.0. The second-order valence-corrected chi connectivity index (χ2v) is 13.9. The Balaban J connectivity index is 0.000000232. The largest absolute Gasteiger partial charge is 0.309 e. The molecule has 1 aromatic heterocycles. The first-order valence-corrected chi connectivity index (χ1v) is 18.3. The van der Waals surface area contributed by atoms with Gasteiger partial charge in [-0.1, -0.05) is 175 Å². The third-order valence-corrected chi connectivity index (χ3v) is 10.5. The quantitative estimate of drug-likeness (QED) is 0.172. The van der Waals surface area contributed by atoms with E-state index < -0.39 is 0 Å². The maximum atomic E-state index is 2.40. The Morgan fingerprint density at radius 2 is 0.962 bits per heavy atom. The highest BCUT2D eigenvalue weighted by atomic mass is 15.0. The molecule has 0 aliphatic heterocycles. The summed E-state index contributed by atoms with van der Waals surface area (Å²) in [5, 5.41) is 2.57. The monoisotopic (exact) mass is 669 g/mol. The predicted octanol–water partition coefficient (Wildman–Crippen LogP) is 13.7. The van der Waals surface area contributed by atoms with Gasteiger partial charge < -0.3 is 4.57 Å². The molecule has 1 heteroatoms. The van der Waals surface area contributed by atoms with Gasteiger partial charge >= 0.3 is 0 Å². The van der Waals surface area contributed by atoms with E-state index in [1.165, 1.54) is 77.6 Å². The van der Waals surface area contributed by atoms with Crippen molar-refractivity contribution in [1.82, 2.24) is 4.57 Å². The van der Waals surface area contributed by atoms with Crippen molar-refractivity contribution in [2.24, 2.45) is 0 Å². The van der Waals surface area contributed by atoms with Crippen LogP contribution in [0.15, 0.2) is 194 Å². The van der Waals surface area contributed by atoms with Crippen molar-refractivity contribution in [3.8, 4) is 27.9 Å². The smallest absolute Gasteiger partial charge is 0.0541 e. The number of rotatable bonds is 5. The van der Waals surface area contributed by atoms with Crippen molar-refractivity contribution in [1.29, 1.82) is 0 Å². The summed E-state index contributed by atoms with van der Waals surface area (Å²) < 4.78 is 2.40. The Labute approximate surface area is 307 Å². The number of allylic oxidation sites excluding steroid dienone is 4. The summed E-state index contributed by atoms with van der Waals surface area (Å²) in [6.07, 6.45) is 9.10. The van der Waals surface area contributed by atoms with Crippen LogP contribution in [-0.4, -0.2) is 4.57 Å². The third kappa shape index (κ3) is 6.43. The lowest BCUT2D eigenvalue weighted by Gasteiger charge is -2.27. The van der Waals surface area contributed by atoms with Crippen molar-refractivity contribution in [2.75, 3.05) is 0 Å². The van der Waals surface area contributed by atoms with Crippen LogP contribution in [0.25, 0.3) is 49.7 Å². The fourth-order valence-corrected chi connectivity index (χ4v) is 7.91. The number of benzene rings is 7. The minimum atomic E-state index is 0.273. The first-order chi connectivity index (χ1) is 25.6. The zero-order valence-corrected chi connectivity index (χ0v) is 30.1. The van der Waals surface area contributed by atoms with Crippen LogP contribution in [0, 0.1) is 20.8 Å².